The summed E-state index contributed by atoms with van der Waals surface area (Å²) in [6.07, 6.45) is 8.98. The van der Waals surface area contributed by atoms with Gasteiger partial charge in [-0.05, 0) is 44.9 Å². The lowest BCUT2D eigenvalue weighted by atomic mass is 10.0. The Hall–Kier alpha value is -2.95. The monoisotopic (exact) mass is 481 g/mol. The van der Waals surface area contributed by atoms with E-state index in [9.17, 15) is 9.50 Å². The molecule has 1 aliphatic heterocycles. The summed E-state index contributed by atoms with van der Waals surface area (Å²) in [5.74, 6) is -0.375. The summed E-state index contributed by atoms with van der Waals surface area (Å²) in [5.41, 5.74) is 10.5. The van der Waals surface area contributed by atoms with Crippen LogP contribution < -0.4 is 5.73 Å². The predicted molar refractivity (Wildman–Crippen MR) is 130 cm³/mol. The maximum absolute atomic E-state index is 14.3. The van der Waals surface area contributed by atoms with Crippen LogP contribution in [0, 0.1) is 12.7 Å². The van der Waals surface area contributed by atoms with Gasteiger partial charge in [0.1, 0.15) is 10.5 Å². The minimum absolute atomic E-state index is 0.179. The number of aromatic nitrogens is 5. The third-order valence-electron chi connectivity index (χ3n) is 6.62. The fourth-order valence-electron chi connectivity index (χ4n) is 4.64. The zero-order valence-electron chi connectivity index (χ0n) is 19.2. The second kappa shape index (κ2) is 9.36. The van der Waals surface area contributed by atoms with Crippen molar-refractivity contribution in [2.45, 2.75) is 48.7 Å². The van der Waals surface area contributed by atoms with E-state index in [4.69, 9.17) is 10.8 Å². The van der Waals surface area contributed by atoms with E-state index >= 15 is 0 Å². The molecule has 0 bridgehead atoms. The van der Waals surface area contributed by atoms with Crippen LogP contribution >= 0.6 is 11.8 Å². The quantitative estimate of drug-likeness (QED) is 0.432. The summed E-state index contributed by atoms with van der Waals surface area (Å²) in [6.45, 7) is 6.20. The Kier molecular flexibility index (Phi) is 6.28. The van der Waals surface area contributed by atoms with Crippen molar-refractivity contribution in [3.05, 3.63) is 54.5 Å². The van der Waals surface area contributed by atoms with Crippen LogP contribution in [0.15, 0.2) is 52.9 Å². The highest BCUT2D eigenvalue weighted by atomic mass is 32.2. The van der Waals surface area contributed by atoms with Gasteiger partial charge < -0.3 is 10.8 Å². The van der Waals surface area contributed by atoms with Crippen molar-refractivity contribution in [1.29, 1.82) is 0 Å². The summed E-state index contributed by atoms with van der Waals surface area (Å²) in [5, 5.41) is 18.9. The summed E-state index contributed by atoms with van der Waals surface area (Å²) in [7, 11) is 0. The van der Waals surface area contributed by atoms with Crippen LogP contribution in [0.4, 0.5) is 10.1 Å². The molecule has 0 aliphatic carbocycles. The van der Waals surface area contributed by atoms with Gasteiger partial charge in [-0.15, -0.1) is 0 Å². The van der Waals surface area contributed by atoms with Crippen molar-refractivity contribution < 1.29 is 9.50 Å². The van der Waals surface area contributed by atoms with Gasteiger partial charge in [0.15, 0.2) is 5.82 Å². The van der Waals surface area contributed by atoms with Gasteiger partial charge in [-0.2, -0.15) is 10.2 Å². The molecule has 178 valence electrons. The molecule has 5 heterocycles. The first-order valence-electron chi connectivity index (χ1n) is 11.4. The Labute approximate surface area is 201 Å². The molecule has 1 saturated heterocycles. The van der Waals surface area contributed by atoms with Gasteiger partial charge in [0.2, 0.25) is 0 Å². The Morgan fingerprint density at radius 1 is 1.26 bits per heavy atom. The van der Waals surface area contributed by atoms with Crippen molar-refractivity contribution in [3.63, 3.8) is 0 Å². The van der Waals surface area contributed by atoms with Gasteiger partial charge in [0.05, 0.1) is 30.7 Å². The number of likely N-dealkylation sites (tertiary alicyclic amines) is 1. The summed E-state index contributed by atoms with van der Waals surface area (Å²) >= 11 is 1.24. The lowest BCUT2D eigenvalue weighted by Crippen LogP contribution is -2.42. The average Bonchev–Trinajstić information content (AvgIpc) is 3.42. The third kappa shape index (κ3) is 4.17. The van der Waals surface area contributed by atoms with E-state index in [-0.39, 0.29) is 18.5 Å². The van der Waals surface area contributed by atoms with Gasteiger partial charge in [0, 0.05) is 53.2 Å². The molecule has 0 amide bonds. The van der Waals surface area contributed by atoms with Gasteiger partial charge in [-0.3, -0.25) is 9.58 Å². The van der Waals surface area contributed by atoms with Crippen LogP contribution in [0.1, 0.15) is 31.5 Å². The molecule has 0 radical (unpaired) electrons. The number of nitrogens with zero attached hydrogens (tertiary/aromatic N) is 6. The first kappa shape index (κ1) is 22.8. The van der Waals surface area contributed by atoms with Crippen LogP contribution in [0.2, 0.25) is 0 Å². The largest absolute Gasteiger partial charge is 0.396 e. The minimum Gasteiger partial charge on any atom is -0.396 e. The van der Waals surface area contributed by atoms with E-state index in [1.165, 1.54) is 17.8 Å². The number of nitrogens with two attached hydrogens (primary N) is 1. The molecule has 1 aliphatic rings. The van der Waals surface area contributed by atoms with Crippen LogP contribution in [-0.2, 0) is 0 Å². The molecule has 0 unspecified atom stereocenters. The Balaban J connectivity index is 1.47. The maximum atomic E-state index is 14.3. The second-order valence-corrected chi connectivity index (χ2v) is 9.80. The molecular formula is C24H28FN7OS. The number of pyridine rings is 2. The number of aliphatic hydroxyl groups excluding tert-OH is 1. The molecular weight excluding hydrogens is 453 g/mol. The predicted octanol–water partition coefficient (Wildman–Crippen LogP) is 3.79. The Bertz CT molecular complexity index is 1310. The standard InChI is InChI=1S/C24H28FN7OS/c1-15(14-33)30-8-5-18(6-9-30)32-16(2)19(11-29-32)17-10-22(23-21(26)12-28-31(23)13-17)34-24-20(25)4-3-7-27-24/h3-4,7,10-13,15,18,33H,5-6,8-9,14,26H2,1-2H3/t15-/m1/s1. The smallest absolute Gasteiger partial charge is 0.155 e. The number of hydrogen-bond acceptors (Lipinski definition) is 7. The first-order valence-corrected chi connectivity index (χ1v) is 12.2. The summed E-state index contributed by atoms with van der Waals surface area (Å²) in [4.78, 5) is 7.29. The van der Waals surface area contributed by atoms with Crippen LogP contribution in [0.5, 0.6) is 0 Å². The summed E-state index contributed by atoms with van der Waals surface area (Å²) in [6, 6.07) is 5.48. The number of rotatable bonds is 6. The van der Waals surface area contributed by atoms with Crippen LogP contribution in [-0.4, -0.2) is 60.1 Å². The SMILES string of the molecule is Cc1c(-c2cc(Sc3ncccc3F)c3c(N)cnn3c2)cnn1C1CCN([C@H](C)CO)CC1. The van der Waals surface area contributed by atoms with Gasteiger partial charge in [-0.1, -0.05) is 11.8 Å². The highest BCUT2D eigenvalue weighted by Crippen LogP contribution is 2.38. The lowest BCUT2D eigenvalue weighted by Gasteiger charge is -2.35. The molecule has 8 nitrogen and oxygen atoms in total. The van der Waals surface area contributed by atoms with E-state index in [1.54, 1.807) is 23.0 Å². The van der Waals surface area contributed by atoms with E-state index in [2.05, 4.69) is 33.5 Å². The number of hydrogen-bond donors (Lipinski definition) is 2. The number of anilines is 1. The molecule has 34 heavy (non-hydrogen) atoms. The highest BCUT2D eigenvalue weighted by Gasteiger charge is 2.26. The van der Waals surface area contributed by atoms with Crippen molar-refractivity contribution in [2.24, 2.45) is 0 Å². The van der Waals surface area contributed by atoms with Gasteiger partial charge in [0.25, 0.3) is 0 Å². The van der Waals surface area contributed by atoms with Gasteiger partial charge in [-0.25, -0.2) is 13.9 Å². The van der Waals surface area contributed by atoms with Crippen LogP contribution in [0.3, 0.4) is 0 Å². The molecule has 5 rings (SSSR count). The molecule has 3 N–H and O–H groups in total. The molecule has 0 spiro atoms. The number of fused-ring (bicyclic) bond motifs is 1. The van der Waals surface area contributed by atoms with Crippen molar-refractivity contribution in [1.82, 2.24) is 29.3 Å². The molecule has 0 aromatic carbocycles. The minimum atomic E-state index is -0.375. The number of halogens is 1. The normalized spacial score (nSPS) is 16.4. The Morgan fingerprint density at radius 2 is 2.06 bits per heavy atom. The molecule has 10 heteroatoms. The molecule has 1 fully saturated rings. The lowest BCUT2D eigenvalue weighted by molar-refractivity contribution is 0.0954. The fraction of sp³-hybridized carbons (Fsp3) is 0.375. The average molecular weight is 482 g/mol. The maximum Gasteiger partial charge on any atom is 0.155 e. The van der Waals surface area contributed by atoms with Crippen molar-refractivity contribution >= 4 is 23.0 Å². The van der Waals surface area contributed by atoms with E-state index in [0.29, 0.717) is 16.8 Å². The molecule has 4 aromatic heterocycles. The molecule has 4 aromatic rings. The molecule has 1 atom stereocenters. The number of nitrogen functional groups attached to an aromatic ring is 1. The van der Waals surface area contributed by atoms with Crippen molar-refractivity contribution in [2.75, 3.05) is 25.4 Å². The van der Waals surface area contributed by atoms with E-state index < -0.39 is 0 Å². The summed E-state index contributed by atoms with van der Waals surface area (Å²) < 4.78 is 18.2. The number of piperidine rings is 1. The van der Waals surface area contributed by atoms with E-state index in [0.717, 1.165) is 53.2 Å². The van der Waals surface area contributed by atoms with Crippen LogP contribution in [0.25, 0.3) is 16.6 Å². The molecule has 0 saturated carbocycles. The Morgan fingerprint density at radius 3 is 2.79 bits per heavy atom. The zero-order chi connectivity index (χ0) is 23.8. The van der Waals surface area contributed by atoms with E-state index in [1.807, 2.05) is 18.5 Å². The highest BCUT2D eigenvalue weighted by molar-refractivity contribution is 7.99. The topological polar surface area (TPSA) is 97.5 Å². The number of aliphatic hydroxyl groups is 1. The first-order chi connectivity index (χ1) is 16.5. The van der Waals surface area contributed by atoms with Gasteiger partial charge >= 0.3 is 0 Å². The second-order valence-electron chi connectivity index (χ2n) is 8.77. The third-order valence-corrected chi connectivity index (χ3v) is 7.65. The van der Waals surface area contributed by atoms with Crippen molar-refractivity contribution in [3.8, 4) is 11.1 Å². The fourth-order valence-corrected chi connectivity index (χ4v) is 5.63. The zero-order valence-corrected chi connectivity index (χ0v) is 20.0.